The number of aromatic nitrogens is 3. The summed E-state index contributed by atoms with van der Waals surface area (Å²) in [6.07, 6.45) is 0. The highest BCUT2D eigenvalue weighted by Crippen LogP contribution is 2.29. The molecule has 0 spiro atoms. The molecule has 0 fully saturated rings. The molecule has 0 aliphatic carbocycles. The molecular weight excluding hydrogens is 334 g/mol. The summed E-state index contributed by atoms with van der Waals surface area (Å²) in [6.45, 7) is 9.75. The van der Waals surface area contributed by atoms with Crippen molar-refractivity contribution < 1.29 is 0 Å². The first-order valence-corrected chi connectivity index (χ1v) is 10.0. The summed E-state index contributed by atoms with van der Waals surface area (Å²) in [7, 11) is 0. The van der Waals surface area contributed by atoms with Crippen LogP contribution in [0.5, 0.6) is 0 Å². The van der Waals surface area contributed by atoms with Crippen LogP contribution in [-0.2, 0) is 17.7 Å². The van der Waals surface area contributed by atoms with Gasteiger partial charge in [0, 0.05) is 12.3 Å². The Kier molecular flexibility index (Phi) is 5.11. The van der Waals surface area contributed by atoms with Gasteiger partial charge in [0.05, 0.1) is 4.88 Å². The van der Waals surface area contributed by atoms with E-state index in [1.165, 1.54) is 16.0 Å². The lowest BCUT2D eigenvalue weighted by Gasteiger charge is -2.19. The molecule has 0 aliphatic heterocycles. The molecule has 0 unspecified atom stereocenters. The molecule has 1 aromatic carbocycles. The molecule has 0 saturated carbocycles. The van der Waals surface area contributed by atoms with E-state index < -0.39 is 0 Å². The highest BCUT2D eigenvalue weighted by Gasteiger charge is 2.15. The van der Waals surface area contributed by atoms with E-state index in [1.807, 2.05) is 0 Å². The van der Waals surface area contributed by atoms with Crippen molar-refractivity contribution in [3.63, 3.8) is 0 Å². The minimum absolute atomic E-state index is 0.198. The number of thiophene rings is 1. The Morgan fingerprint density at radius 1 is 1.08 bits per heavy atom. The van der Waals surface area contributed by atoms with Crippen LogP contribution in [0.2, 0.25) is 0 Å². The summed E-state index contributed by atoms with van der Waals surface area (Å²) >= 11 is 3.45. The average Bonchev–Trinajstić information content (AvgIpc) is 3.21. The molecule has 5 heteroatoms. The van der Waals surface area contributed by atoms with Gasteiger partial charge in [-0.25, -0.2) is 0 Å². The van der Waals surface area contributed by atoms with Crippen LogP contribution >= 0.6 is 23.1 Å². The number of nitrogens with zero attached hydrogens (tertiary/aromatic N) is 3. The molecule has 0 atom stereocenters. The summed E-state index contributed by atoms with van der Waals surface area (Å²) in [5, 5.41) is 11.9. The van der Waals surface area contributed by atoms with Crippen molar-refractivity contribution in [2.24, 2.45) is 0 Å². The van der Waals surface area contributed by atoms with Crippen molar-refractivity contribution >= 4 is 23.1 Å². The van der Waals surface area contributed by atoms with Crippen LogP contribution in [0.4, 0.5) is 0 Å². The topological polar surface area (TPSA) is 30.7 Å². The smallest absolute Gasteiger partial charge is 0.191 e. The maximum Gasteiger partial charge on any atom is 0.191 e. The molecule has 0 radical (unpaired) electrons. The van der Waals surface area contributed by atoms with E-state index in [0.29, 0.717) is 0 Å². The third-order valence-electron chi connectivity index (χ3n) is 3.96. The zero-order valence-corrected chi connectivity index (χ0v) is 16.2. The standard InChI is InChI=1S/C19H23N3S2/c1-5-22-17(16-7-6-12-23-16)20-21-18(22)24-13-14-8-10-15(11-9-14)19(2,3)4/h6-12H,5,13H2,1-4H3. The summed E-state index contributed by atoms with van der Waals surface area (Å²) in [4.78, 5) is 1.17. The van der Waals surface area contributed by atoms with E-state index in [9.17, 15) is 0 Å². The second-order valence-corrected chi connectivity index (χ2v) is 8.65. The molecule has 3 aromatic rings. The summed E-state index contributed by atoms with van der Waals surface area (Å²) in [5.41, 5.74) is 2.88. The Balaban J connectivity index is 1.73. The number of thioether (sulfide) groups is 1. The number of hydrogen-bond acceptors (Lipinski definition) is 4. The maximum atomic E-state index is 4.40. The SMILES string of the molecule is CCn1c(SCc2ccc(C(C)(C)C)cc2)nnc1-c1cccs1. The second-order valence-electron chi connectivity index (χ2n) is 6.76. The molecule has 3 rings (SSSR count). The van der Waals surface area contributed by atoms with Gasteiger partial charge >= 0.3 is 0 Å². The van der Waals surface area contributed by atoms with Crippen LogP contribution in [0.3, 0.4) is 0 Å². The van der Waals surface area contributed by atoms with Crippen molar-refractivity contribution in [1.29, 1.82) is 0 Å². The molecule has 0 amide bonds. The van der Waals surface area contributed by atoms with Gasteiger partial charge in [0.15, 0.2) is 11.0 Å². The van der Waals surface area contributed by atoms with Gasteiger partial charge in [0.1, 0.15) is 0 Å². The van der Waals surface area contributed by atoms with Crippen molar-refractivity contribution in [1.82, 2.24) is 14.8 Å². The summed E-state index contributed by atoms with van der Waals surface area (Å²) in [6, 6.07) is 13.1. The van der Waals surface area contributed by atoms with Gasteiger partial charge in [-0.1, -0.05) is 62.9 Å². The van der Waals surface area contributed by atoms with Crippen molar-refractivity contribution in [3.8, 4) is 10.7 Å². The Hall–Kier alpha value is -1.59. The van der Waals surface area contributed by atoms with Crippen molar-refractivity contribution in [2.75, 3.05) is 0 Å². The van der Waals surface area contributed by atoms with Gasteiger partial charge in [-0.05, 0) is 34.9 Å². The van der Waals surface area contributed by atoms with Gasteiger partial charge in [-0.15, -0.1) is 21.5 Å². The van der Waals surface area contributed by atoms with Crippen LogP contribution in [0.15, 0.2) is 46.9 Å². The fourth-order valence-corrected chi connectivity index (χ4v) is 4.19. The minimum atomic E-state index is 0.198. The lowest BCUT2D eigenvalue weighted by atomic mass is 9.87. The van der Waals surface area contributed by atoms with E-state index in [-0.39, 0.29) is 5.41 Å². The predicted octanol–water partition coefficient (Wildman–Crippen LogP) is 5.62. The van der Waals surface area contributed by atoms with Gasteiger partial charge in [-0.2, -0.15) is 0 Å². The van der Waals surface area contributed by atoms with E-state index in [0.717, 1.165) is 23.3 Å². The Bertz CT molecular complexity index is 781. The predicted molar refractivity (Wildman–Crippen MR) is 104 cm³/mol. The lowest BCUT2D eigenvalue weighted by molar-refractivity contribution is 0.590. The fraction of sp³-hybridized carbons (Fsp3) is 0.368. The normalized spacial score (nSPS) is 11.8. The van der Waals surface area contributed by atoms with Gasteiger partial charge in [-0.3, -0.25) is 0 Å². The van der Waals surface area contributed by atoms with Gasteiger partial charge in [0.2, 0.25) is 0 Å². The highest BCUT2D eigenvalue weighted by atomic mass is 32.2. The Labute approximate surface area is 152 Å². The van der Waals surface area contributed by atoms with Crippen LogP contribution in [-0.4, -0.2) is 14.8 Å². The monoisotopic (exact) mass is 357 g/mol. The van der Waals surface area contributed by atoms with Crippen LogP contribution in [0.1, 0.15) is 38.8 Å². The number of hydrogen-bond donors (Lipinski definition) is 0. The zero-order valence-electron chi connectivity index (χ0n) is 14.6. The average molecular weight is 358 g/mol. The van der Waals surface area contributed by atoms with Crippen molar-refractivity contribution in [2.45, 2.75) is 50.6 Å². The molecule has 24 heavy (non-hydrogen) atoms. The molecule has 0 N–H and O–H groups in total. The van der Waals surface area contributed by atoms with E-state index in [4.69, 9.17) is 0 Å². The van der Waals surface area contributed by atoms with E-state index in [1.54, 1.807) is 23.1 Å². The minimum Gasteiger partial charge on any atom is -0.302 e. The lowest BCUT2D eigenvalue weighted by Crippen LogP contribution is -2.10. The molecule has 126 valence electrons. The second kappa shape index (κ2) is 7.11. The molecular formula is C19H23N3S2. The summed E-state index contributed by atoms with van der Waals surface area (Å²) < 4.78 is 2.19. The van der Waals surface area contributed by atoms with Crippen LogP contribution in [0, 0.1) is 0 Å². The fourth-order valence-electron chi connectivity index (χ4n) is 2.52. The van der Waals surface area contributed by atoms with E-state index >= 15 is 0 Å². The largest absolute Gasteiger partial charge is 0.302 e. The molecule has 2 aromatic heterocycles. The highest BCUT2D eigenvalue weighted by molar-refractivity contribution is 7.98. The first kappa shape index (κ1) is 17.2. The molecule has 0 bridgehead atoms. The quantitative estimate of drug-likeness (QED) is 0.556. The number of benzene rings is 1. The van der Waals surface area contributed by atoms with Gasteiger partial charge < -0.3 is 4.57 Å². The van der Waals surface area contributed by atoms with Crippen LogP contribution < -0.4 is 0 Å². The van der Waals surface area contributed by atoms with E-state index in [2.05, 4.69) is 84.2 Å². The third-order valence-corrected chi connectivity index (χ3v) is 5.87. The summed E-state index contributed by atoms with van der Waals surface area (Å²) in [5.74, 6) is 1.88. The first-order valence-electron chi connectivity index (χ1n) is 8.18. The first-order chi connectivity index (χ1) is 11.5. The zero-order chi connectivity index (χ0) is 17.2. The number of rotatable bonds is 5. The van der Waals surface area contributed by atoms with Crippen LogP contribution in [0.25, 0.3) is 10.7 Å². The molecule has 0 aliphatic rings. The molecule has 3 nitrogen and oxygen atoms in total. The molecule has 2 heterocycles. The maximum absolute atomic E-state index is 4.40. The Morgan fingerprint density at radius 3 is 2.42 bits per heavy atom. The van der Waals surface area contributed by atoms with Gasteiger partial charge in [0.25, 0.3) is 0 Å². The Morgan fingerprint density at radius 2 is 1.83 bits per heavy atom. The van der Waals surface area contributed by atoms with Crippen molar-refractivity contribution in [3.05, 3.63) is 52.9 Å². The third kappa shape index (κ3) is 3.73. The molecule has 0 saturated heterocycles.